The molecule has 0 aliphatic rings. The van der Waals surface area contributed by atoms with E-state index in [2.05, 4.69) is 39.8 Å². The summed E-state index contributed by atoms with van der Waals surface area (Å²) in [5.41, 5.74) is 2.41. The lowest BCUT2D eigenvalue weighted by atomic mass is 10.0. The van der Waals surface area contributed by atoms with Gasteiger partial charge in [-0.25, -0.2) is 4.98 Å². The van der Waals surface area contributed by atoms with Crippen molar-refractivity contribution in [3.8, 4) is 0 Å². The number of nitrogens with zero attached hydrogens (tertiary/aromatic N) is 3. The van der Waals surface area contributed by atoms with E-state index in [9.17, 15) is 0 Å². The number of aryl methyl sites for hydroxylation is 2. The number of aromatic nitrogens is 3. The normalized spacial score (nSPS) is 12.6. The van der Waals surface area contributed by atoms with E-state index in [1.165, 1.54) is 11.1 Å². The maximum Gasteiger partial charge on any atom is 0.110 e. The molecule has 0 aromatic carbocycles. The quantitative estimate of drug-likeness (QED) is 0.875. The number of pyridine rings is 1. The fraction of sp³-hybridized carbons (Fsp3) is 0.429. The van der Waals surface area contributed by atoms with Crippen LogP contribution in [0.2, 0.25) is 0 Å². The highest BCUT2D eigenvalue weighted by Crippen LogP contribution is 2.17. The first-order valence-corrected chi connectivity index (χ1v) is 6.32. The van der Waals surface area contributed by atoms with E-state index in [-0.39, 0.29) is 6.04 Å². The Bertz CT molecular complexity index is 504. The molecule has 2 heterocycles. The third-order valence-electron chi connectivity index (χ3n) is 3.06. The summed E-state index contributed by atoms with van der Waals surface area (Å²) in [7, 11) is 2.03. The highest BCUT2D eigenvalue weighted by Gasteiger charge is 2.14. The Labute approximate surface area is 108 Å². The monoisotopic (exact) mass is 244 g/mol. The maximum absolute atomic E-state index is 4.39. The lowest BCUT2D eigenvalue weighted by molar-refractivity contribution is 0.527. The van der Waals surface area contributed by atoms with Crippen molar-refractivity contribution in [3.63, 3.8) is 0 Å². The van der Waals surface area contributed by atoms with E-state index >= 15 is 0 Å². The van der Waals surface area contributed by atoms with Crippen LogP contribution in [0.15, 0.2) is 30.9 Å². The molecule has 1 atom stereocenters. The first-order chi connectivity index (χ1) is 8.70. The predicted molar refractivity (Wildman–Crippen MR) is 72.3 cm³/mol. The van der Waals surface area contributed by atoms with Crippen molar-refractivity contribution in [3.05, 3.63) is 47.8 Å². The van der Waals surface area contributed by atoms with Crippen molar-refractivity contribution in [2.75, 3.05) is 6.54 Å². The van der Waals surface area contributed by atoms with Gasteiger partial charge < -0.3 is 9.88 Å². The van der Waals surface area contributed by atoms with Crippen LogP contribution in [-0.2, 0) is 13.5 Å². The molecule has 0 saturated carbocycles. The van der Waals surface area contributed by atoms with Crippen LogP contribution in [0, 0.1) is 6.92 Å². The molecule has 0 bridgehead atoms. The van der Waals surface area contributed by atoms with Crippen molar-refractivity contribution in [1.29, 1.82) is 0 Å². The van der Waals surface area contributed by atoms with E-state index < -0.39 is 0 Å². The SMILES string of the molecule is CCNC(Cc1nccn1C)c1cncc(C)c1. The molecule has 0 aliphatic carbocycles. The van der Waals surface area contributed by atoms with Gasteiger partial charge in [-0.15, -0.1) is 0 Å². The summed E-state index contributed by atoms with van der Waals surface area (Å²) < 4.78 is 2.06. The molecule has 0 fully saturated rings. The highest BCUT2D eigenvalue weighted by atomic mass is 15.0. The van der Waals surface area contributed by atoms with Crippen LogP contribution >= 0.6 is 0 Å². The van der Waals surface area contributed by atoms with Crippen LogP contribution in [0.25, 0.3) is 0 Å². The number of nitrogens with one attached hydrogen (secondary N) is 1. The molecule has 0 amide bonds. The molecule has 0 radical (unpaired) electrons. The fourth-order valence-electron chi connectivity index (χ4n) is 2.10. The first kappa shape index (κ1) is 12.8. The van der Waals surface area contributed by atoms with Crippen LogP contribution in [0.4, 0.5) is 0 Å². The van der Waals surface area contributed by atoms with Gasteiger partial charge in [0.1, 0.15) is 5.82 Å². The molecule has 2 rings (SSSR count). The predicted octanol–water partition coefficient (Wildman–Crippen LogP) is 2.02. The molecule has 2 aromatic rings. The zero-order valence-electron chi connectivity index (χ0n) is 11.2. The molecular weight excluding hydrogens is 224 g/mol. The number of likely N-dealkylation sites (N-methyl/N-ethyl adjacent to an activating group) is 1. The Hall–Kier alpha value is -1.68. The molecule has 18 heavy (non-hydrogen) atoms. The molecule has 0 spiro atoms. The third kappa shape index (κ3) is 2.96. The molecule has 1 unspecified atom stereocenters. The minimum absolute atomic E-state index is 0.267. The molecule has 4 heteroatoms. The standard InChI is InChI=1S/C14H20N4/c1-4-16-13(8-14-17-5-6-18(14)3)12-7-11(2)9-15-10-12/h5-7,9-10,13,16H,4,8H2,1-3H3. The average molecular weight is 244 g/mol. The first-order valence-electron chi connectivity index (χ1n) is 6.32. The Kier molecular flexibility index (Phi) is 4.10. The van der Waals surface area contributed by atoms with Crippen molar-refractivity contribution in [1.82, 2.24) is 19.9 Å². The fourth-order valence-corrected chi connectivity index (χ4v) is 2.10. The van der Waals surface area contributed by atoms with Gasteiger partial charge in [-0.3, -0.25) is 4.98 Å². The second-order valence-electron chi connectivity index (χ2n) is 4.56. The molecule has 1 N–H and O–H groups in total. The average Bonchev–Trinajstić information content (AvgIpc) is 2.74. The maximum atomic E-state index is 4.39. The van der Waals surface area contributed by atoms with E-state index in [1.807, 2.05) is 31.8 Å². The minimum Gasteiger partial charge on any atom is -0.338 e. The van der Waals surface area contributed by atoms with Gasteiger partial charge in [0.25, 0.3) is 0 Å². The van der Waals surface area contributed by atoms with Gasteiger partial charge in [0.05, 0.1) is 0 Å². The van der Waals surface area contributed by atoms with Crippen molar-refractivity contribution < 1.29 is 0 Å². The summed E-state index contributed by atoms with van der Waals surface area (Å²) in [6.07, 6.45) is 8.51. The summed E-state index contributed by atoms with van der Waals surface area (Å²) in [5.74, 6) is 1.09. The van der Waals surface area contributed by atoms with Gasteiger partial charge >= 0.3 is 0 Å². The molecular formula is C14H20N4. The van der Waals surface area contributed by atoms with Crippen LogP contribution in [0.1, 0.15) is 29.9 Å². The van der Waals surface area contributed by atoms with Crippen molar-refractivity contribution in [2.24, 2.45) is 7.05 Å². The van der Waals surface area contributed by atoms with Gasteiger partial charge in [-0.05, 0) is 24.6 Å². The molecule has 0 saturated heterocycles. The number of rotatable bonds is 5. The Morgan fingerprint density at radius 2 is 2.22 bits per heavy atom. The topological polar surface area (TPSA) is 42.7 Å². The minimum atomic E-state index is 0.267. The Balaban J connectivity index is 2.20. The van der Waals surface area contributed by atoms with Crippen LogP contribution in [0.5, 0.6) is 0 Å². The van der Waals surface area contributed by atoms with Gasteiger partial charge in [-0.1, -0.05) is 13.0 Å². The second kappa shape index (κ2) is 5.78. The van der Waals surface area contributed by atoms with Crippen LogP contribution < -0.4 is 5.32 Å². The smallest absolute Gasteiger partial charge is 0.110 e. The van der Waals surface area contributed by atoms with Gasteiger partial charge in [0.2, 0.25) is 0 Å². The van der Waals surface area contributed by atoms with Crippen LogP contribution in [0.3, 0.4) is 0 Å². The van der Waals surface area contributed by atoms with Crippen molar-refractivity contribution >= 4 is 0 Å². The zero-order valence-corrected chi connectivity index (χ0v) is 11.2. The second-order valence-corrected chi connectivity index (χ2v) is 4.56. The van der Waals surface area contributed by atoms with E-state index in [1.54, 1.807) is 0 Å². The lowest BCUT2D eigenvalue weighted by Gasteiger charge is -2.18. The van der Waals surface area contributed by atoms with Gasteiger partial charge in [0.15, 0.2) is 0 Å². The zero-order chi connectivity index (χ0) is 13.0. The van der Waals surface area contributed by atoms with E-state index in [4.69, 9.17) is 0 Å². The van der Waals surface area contributed by atoms with Crippen LogP contribution in [-0.4, -0.2) is 21.1 Å². The molecule has 0 aliphatic heterocycles. The number of hydrogen-bond donors (Lipinski definition) is 1. The molecule has 4 nitrogen and oxygen atoms in total. The van der Waals surface area contributed by atoms with E-state index in [0.717, 1.165) is 18.8 Å². The molecule has 96 valence electrons. The summed E-state index contributed by atoms with van der Waals surface area (Å²) in [6.45, 7) is 5.12. The summed E-state index contributed by atoms with van der Waals surface area (Å²) in [5, 5.41) is 3.50. The largest absolute Gasteiger partial charge is 0.338 e. The number of hydrogen-bond acceptors (Lipinski definition) is 3. The molecule has 2 aromatic heterocycles. The number of imidazole rings is 1. The summed E-state index contributed by atoms with van der Waals surface area (Å²) in [4.78, 5) is 8.66. The summed E-state index contributed by atoms with van der Waals surface area (Å²) >= 11 is 0. The lowest BCUT2D eigenvalue weighted by Crippen LogP contribution is -2.24. The van der Waals surface area contributed by atoms with E-state index in [0.29, 0.717) is 0 Å². The Morgan fingerprint density at radius 1 is 1.39 bits per heavy atom. The Morgan fingerprint density at radius 3 is 2.83 bits per heavy atom. The van der Waals surface area contributed by atoms with Gasteiger partial charge in [-0.2, -0.15) is 0 Å². The highest BCUT2D eigenvalue weighted by molar-refractivity contribution is 5.21. The third-order valence-corrected chi connectivity index (χ3v) is 3.06. The van der Waals surface area contributed by atoms with Crippen molar-refractivity contribution in [2.45, 2.75) is 26.3 Å². The summed E-state index contributed by atoms with van der Waals surface area (Å²) in [6, 6.07) is 2.45. The van der Waals surface area contributed by atoms with Gasteiger partial charge in [0, 0.05) is 44.3 Å².